The molecular weight excluding hydrogens is 260 g/mol. The summed E-state index contributed by atoms with van der Waals surface area (Å²) < 4.78 is 0. The highest BCUT2D eigenvalue weighted by atomic mass is 16.4. The zero-order chi connectivity index (χ0) is 14.3. The number of allylic oxidation sites excluding steroid dienone is 2. The molecule has 1 amide bonds. The fourth-order valence-corrected chi connectivity index (χ4v) is 3.36. The van der Waals surface area contributed by atoms with E-state index in [1.165, 1.54) is 11.2 Å². The average Bonchev–Trinajstić information content (AvgIpc) is 3.12. The monoisotopic (exact) mass is 276 g/mol. The van der Waals surface area contributed by atoms with Gasteiger partial charge in [-0.3, -0.25) is 14.7 Å². The van der Waals surface area contributed by atoms with Crippen LogP contribution in [0.3, 0.4) is 0 Å². The number of carboxylic acids is 1. The quantitative estimate of drug-likeness (QED) is 0.770. The van der Waals surface area contributed by atoms with Gasteiger partial charge in [0.2, 0.25) is 5.91 Å². The Balaban J connectivity index is 1.76. The minimum Gasteiger partial charge on any atom is -0.481 e. The Bertz CT molecular complexity index is 554. The molecule has 0 aromatic carbocycles. The minimum absolute atomic E-state index is 0.00914. The van der Waals surface area contributed by atoms with E-state index >= 15 is 0 Å². The molecule has 20 heavy (non-hydrogen) atoms. The van der Waals surface area contributed by atoms with E-state index < -0.39 is 17.8 Å². The Labute approximate surface area is 115 Å². The number of carboxylic acid groups (broad SMARTS) is 1. The molecule has 2 aliphatic rings. The van der Waals surface area contributed by atoms with E-state index in [2.05, 4.69) is 15.2 Å². The Kier molecular flexibility index (Phi) is 3.04. The Morgan fingerprint density at radius 3 is 2.70 bits per heavy atom. The second-order valence-corrected chi connectivity index (χ2v) is 5.46. The van der Waals surface area contributed by atoms with Crippen molar-refractivity contribution in [3.8, 4) is 0 Å². The first-order valence-electron chi connectivity index (χ1n) is 6.58. The summed E-state index contributed by atoms with van der Waals surface area (Å²) >= 11 is 0. The second kappa shape index (κ2) is 4.73. The molecule has 4 unspecified atom stereocenters. The first-order valence-corrected chi connectivity index (χ1v) is 6.58. The van der Waals surface area contributed by atoms with Crippen molar-refractivity contribution in [3.05, 3.63) is 24.3 Å². The summed E-state index contributed by atoms with van der Waals surface area (Å²) in [7, 11) is 1.67. The number of aromatic amines is 1. The summed E-state index contributed by atoms with van der Waals surface area (Å²) in [6.07, 6.45) is 6.07. The van der Waals surface area contributed by atoms with Gasteiger partial charge in [0.15, 0.2) is 0 Å². The van der Waals surface area contributed by atoms with E-state index in [0.717, 1.165) is 6.42 Å². The van der Waals surface area contributed by atoms with Crippen molar-refractivity contribution >= 4 is 11.9 Å². The number of aliphatic carboxylic acids is 1. The van der Waals surface area contributed by atoms with E-state index in [4.69, 9.17) is 0 Å². The molecule has 1 heterocycles. The maximum Gasteiger partial charge on any atom is 0.307 e. The van der Waals surface area contributed by atoms with Gasteiger partial charge in [-0.2, -0.15) is 5.10 Å². The molecule has 1 fully saturated rings. The SMILES string of the molecule is CN(Cc1ncn[nH]1)C(=O)C1C2C=CC(C2)C1C(=O)O. The van der Waals surface area contributed by atoms with E-state index in [0.29, 0.717) is 12.4 Å². The molecule has 0 aliphatic heterocycles. The number of nitrogens with one attached hydrogen (secondary N) is 1. The molecule has 2 N–H and O–H groups in total. The highest BCUT2D eigenvalue weighted by Crippen LogP contribution is 2.48. The lowest BCUT2D eigenvalue weighted by molar-refractivity contribution is -0.150. The lowest BCUT2D eigenvalue weighted by atomic mass is 9.82. The van der Waals surface area contributed by atoms with Crippen LogP contribution in [0.2, 0.25) is 0 Å². The third kappa shape index (κ3) is 1.99. The molecular formula is C13H16N4O3. The van der Waals surface area contributed by atoms with Crippen molar-refractivity contribution in [2.75, 3.05) is 7.05 Å². The summed E-state index contributed by atoms with van der Waals surface area (Å²) in [5.74, 6) is -1.45. The minimum atomic E-state index is -0.881. The molecule has 0 radical (unpaired) electrons. The molecule has 0 saturated heterocycles. The summed E-state index contributed by atoms with van der Waals surface area (Å²) in [4.78, 5) is 29.5. The van der Waals surface area contributed by atoms with Crippen LogP contribution in [0.25, 0.3) is 0 Å². The average molecular weight is 276 g/mol. The van der Waals surface area contributed by atoms with Gasteiger partial charge in [-0.1, -0.05) is 12.2 Å². The van der Waals surface area contributed by atoms with Gasteiger partial charge in [0.1, 0.15) is 12.2 Å². The fourth-order valence-electron chi connectivity index (χ4n) is 3.36. The zero-order valence-electron chi connectivity index (χ0n) is 11.1. The molecule has 7 heteroatoms. The lowest BCUT2D eigenvalue weighted by Gasteiger charge is -2.28. The van der Waals surface area contributed by atoms with Gasteiger partial charge in [-0.25, -0.2) is 4.98 Å². The van der Waals surface area contributed by atoms with Crippen LogP contribution in [0.15, 0.2) is 18.5 Å². The van der Waals surface area contributed by atoms with Gasteiger partial charge in [-0.05, 0) is 18.3 Å². The predicted octanol–water partition coefficient (Wildman–Crippen LogP) is 0.286. The highest BCUT2D eigenvalue weighted by Gasteiger charge is 2.52. The zero-order valence-corrected chi connectivity index (χ0v) is 11.1. The van der Waals surface area contributed by atoms with Gasteiger partial charge in [0, 0.05) is 7.05 Å². The van der Waals surface area contributed by atoms with Crippen LogP contribution in [0.4, 0.5) is 0 Å². The summed E-state index contributed by atoms with van der Waals surface area (Å²) in [5.41, 5.74) is 0. The number of nitrogens with zero attached hydrogens (tertiary/aromatic N) is 3. The molecule has 106 valence electrons. The van der Waals surface area contributed by atoms with Crippen LogP contribution < -0.4 is 0 Å². The van der Waals surface area contributed by atoms with Crippen LogP contribution in [-0.4, -0.2) is 44.1 Å². The van der Waals surface area contributed by atoms with Crippen molar-refractivity contribution in [3.63, 3.8) is 0 Å². The van der Waals surface area contributed by atoms with Gasteiger partial charge in [-0.15, -0.1) is 0 Å². The molecule has 1 saturated carbocycles. The third-order valence-electron chi connectivity index (χ3n) is 4.26. The Hall–Kier alpha value is -2.18. The van der Waals surface area contributed by atoms with Gasteiger partial charge in [0.25, 0.3) is 0 Å². The number of fused-ring (bicyclic) bond motifs is 2. The molecule has 1 aromatic rings. The van der Waals surface area contributed by atoms with Crippen molar-refractivity contribution in [2.24, 2.45) is 23.7 Å². The van der Waals surface area contributed by atoms with Crippen LogP contribution in [-0.2, 0) is 16.1 Å². The Morgan fingerprint density at radius 2 is 2.10 bits per heavy atom. The van der Waals surface area contributed by atoms with Crippen LogP contribution in [0.1, 0.15) is 12.2 Å². The molecule has 7 nitrogen and oxygen atoms in total. The van der Waals surface area contributed by atoms with Crippen molar-refractivity contribution in [2.45, 2.75) is 13.0 Å². The number of carbonyl (C=O) groups excluding carboxylic acids is 1. The van der Waals surface area contributed by atoms with Gasteiger partial charge in [0.05, 0.1) is 18.4 Å². The topological polar surface area (TPSA) is 99.2 Å². The van der Waals surface area contributed by atoms with E-state index in [1.807, 2.05) is 12.2 Å². The smallest absolute Gasteiger partial charge is 0.307 e. The summed E-state index contributed by atoms with van der Waals surface area (Å²) in [6, 6.07) is 0. The second-order valence-electron chi connectivity index (χ2n) is 5.46. The summed E-state index contributed by atoms with van der Waals surface area (Å²) in [5, 5.41) is 15.8. The first-order chi connectivity index (χ1) is 9.58. The van der Waals surface area contributed by atoms with Crippen LogP contribution >= 0.6 is 0 Å². The van der Waals surface area contributed by atoms with Gasteiger partial charge >= 0.3 is 5.97 Å². The fraction of sp³-hybridized carbons (Fsp3) is 0.538. The maximum atomic E-state index is 12.5. The maximum absolute atomic E-state index is 12.5. The number of H-pyrrole nitrogens is 1. The molecule has 0 spiro atoms. The molecule has 4 atom stereocenters. The molecule has 1 aromatic heterocycles. The third-order valence-corrected chi connectivity index (χ3v) is 4.26. The van der Waals surface area contributed by atoms with Gasteiger partial charge < -0.3 is 10.0 Å². The number of amides is 1. The molecule has 2 bridgehead atoms. The number of hydrogen-bond acceptors (Lipinski definition) is 4. The number of carbonyl (C=O) groups is 2. The van der Waals surface area contributed by atoms with Crippen molar-refractivity contribution < 1.29 is 14.7 Å². The number of aromatic nitrogens is 3. The van der Waals surface area contributed by atoms with Crippen molar-refractivity contribution in [1.82, 2.24) is 20.1 Å². The summed E-state index contributed by atoms with van der Waals surface area (Å²) in [6.45, 7) is 0.308. The van der Waals surface area contributed by atoms with Crippen LogP contribution in [0.5, 0.6) is 0 Å². The number of rotatable bonds is 4. The van der Waals surface area contributed by atoms with E-state index in [-0.39, 0.29) is 17.7 Å². The van der Waals surface area contributed by atoms with E-state index in [1.54, 1.807) is 7.05 Å². The lowest BCUT2D eigenvalue weighted by Crippen LogP contribution is -2.41. The predicted molar refractivity (Wildman–Crippen MR) is 68.2 cm³/mol. The highest BCUT2D eigenvalue weighted by molar-refractivity contribution is 5.86. The standard InChI is InChI=1S/C13H16N4O3/c1-17(5-9-14-6-15-16-9)12(18)10-7-2-3-8(4-7)11(10)13(19)20/h2-3,6-8,10-11H,4-5H2,1H3,(H,19,20)(H,14,15,16). The van der Waals surface area contributed by atoms with E-state index in [9.17, 15) is 14.7 Å². The molecule has 2 aliphatic carbocycles. The number of hydrogen-bond donors (Lipinski definition) is 2. The Morgan fingerprint density at radius 1 is 1.40 bits per heavy atom. The van der Waals surface area contributed by atoms with Crippen molar-refractivity contribution in [1.29, 1.82) is 0 Å². The van der Waals surface area contributed by atoms with Crippen LogP contribution in [0, 0.1) is 23.7 Å². The largest absolute Gasteiger partial charge is 0.481 e. The first kappa shape index (κ1) is 12.8. The normalized spacial score (nSPS) is 30.6. The molecule has 3 rings (SSSR count).